The first kappa shape index (κ1) is 26.4. The van der Waals surface area contributed by atoms with E-state index in [0.29, 0.717) is 6.42 Å². The maximum absolute atomic E-state index is 13.3. The predicted molar refractivity (Wildman–Crippen MR) is 133 cm³/mol. The van der Waals surface area contributed by atoms with Crippen molar-refractivity contribution in [3.8, 4) is 0 Å². The Morgan fingerprint density at radius 2 is 1.94 bits per heavy atom. The third kappa shape index (κ3) is 5.37. The van der Waals surface area contributed by atoms with Gasteiger partial charge in [-0.2, -0.15) is 0 Å². The summed E-state index contributed by atoms with van der Waals surface area (Å²) in [6.45, 7) is 4.21. The van der Waals surface area contributed by atoms with E-state index in [1.54, 1.807) is 36.5 Å². The quantitative estimate of drug-likeness (QED) is 0.492. The monoisotopic (exact) mass is 506 g/mol. The van der Waals surface area contributed by atoms with Crippen LogP contribution in [0.2, 0.25) is 0 Å². The molecule has 186 valence electrons. The van der Waals surface area contributed by atoms with Gasteiger partial charge in [0, 0.05) is 42.5 Å². The maximum Gasteiger partial charge on any atom is 0.264 e. The van der Waals surface area contributed by atoms with E-state index in [1.165, 1.54) is 18.2 Å². The lowest BCUT2D eigenvalue weighted by molar-refractivity contribution is -0.147. The van der Waals surface area contributed by atoms with Crippen LogP contribution in [0.3, 0.4) is 0 Å². The van der Waals surface area contributed by atoms with E-state index < -0.39 is 15.9 Å². The number of hydrogen-bond acceptors (Lipinski definition) is 6. The maximum atomic E-state index is 13.3. The summed E-state index contributed by atoms with van der Waals surface area (Å²) in [6, 6.07) is 9.82. The summed E-state index contributed by atoms with van der Waals surface area (Å²) in [5.41, 5.74) is 0.164. The van der Waals surface area contributed by atoms with E-state index >= 15 is 0 Å². The van der Waals surface area contributed by atoms with Crippen molar-refractivity contribution in [2.75, 3.05) is 14.2 Å². The molecule has 2 aromatic rings. The molecule has 0 bridgehead atoms. The van der Waals surface area contributed by atoms with Gasteiger partial charge >= 0.3 is 0 Å². The molecule has 1 aliphatic carbocycles. The smallest absolute Gasteiger partial charge is 0.264 e. The number of rotatable bonds is 11. The van der Waals surface area contributed by atoms with Crippen molar-refractivity contribution < 1.29 is 22.7 Å². The normalized spacial score (nSPS) is 19.3. The van der Waals surface area contributed by atoms with Gasteiger partial charge in [0.15, 0.2) is 0 Å². The minimum Gasteiger partial charge on any atom is -0.381 e. The zero-order chi connectivity index (χ0) is 24.9. The molecule has 1 N–H and O–H groups in total. The van der Waals surface area contributed by atoms with Crippen molar-refractivity contribution in [2.45, 2.75) is 69.4 Å². The third-order valence-corrected chi connectivity index (χ3v) is 9.48. The number of nitrogens with zero attached hydrogens (tertiary/aromatic N) is 1. The van der Waals surface area contributed by atoms with Crippen LogP contribution in [-0.4, -0.2) is 51.4 Å². The highest BCUT2D eigenvalue weighted by atomic mass is 32.2. The number of carbonyl (C=O) groups excluding carboxylic acids is 2. The number of thiophene rings is 1. The van der Waals surface area contributed by atoms with Crippen LogP contribution in [0.25, 0.3) is 0 Å². The fourth-order valence-electron chi connectivity index (χ4n) is 5.06. The molecule has 7 nitrogen and oxygen atoms in total. The van der Waals surface area contributed by atoms with Crippen molar-refractivity contribution in [3.05, 3.63) is 52.2 Å². The Balaban J connectivity index is 1.67. The molecule has 1 aliphatic rings. The van der Waals surface area contributed by atoms with Crippen LogP contribution in [0, 0.1) is 5.41 Å². The molecule has 1 heterocycles. The summed E-state index contributed by atoms with van der Waals surface area (Å²) in [5.74, 6) is -0.800. The van der Waals surface area contributed by atoms with Crippen LogP contribution >= 0.6 is 11.3 Å². The van der Waals surface area contributed by atoms with Crippen molar-refractivity contribution in [2.24, 2.45) is 5.41 Å². The lowest BCUT2D eigenvalue weighted by Crippen LogP contribution is -2.64. The SMILES string of the molecule is CCC1(CC)C(OC)CC1N(C)C(=O)c1cccc(S(=O)(=O)NC(=O)CCCc2cccs2)c1. The standard InChI is InChI=1S/C25H34N2O5S2/c1-5-25(6-2)21(17-22(25)32-4)27(3)24(29)18-10-7-13-20(16-18)34(30,31)26-23(28)14-8-11-19-12-9-15-33-19/h7,9-10,12-13,15-16,21-22H,5-6,8,11,14,17H2,1-4H3,(H,26,28). The summed E-state index contributed by atoms with van der Waals surface area (Å²) in [7, 11) is -0.608. The minimum absolute atomic E-state index is 0.0169. The molecule has 0 spiro atoms. The Hall–Kier alpha value is -2.23. The number of carbonyl (C=O) groups is 2. The molecule has 0 radical (unpaired) electrons. The second-order valence-electron chi connectivity index (χ2n) is 8.82. The summed E-state index contributed by atoms with van der Waals surface area (Å²) >= 11 is 1.61. The summed E-state index contributed by atoms with van der Waals surface area (Å²) < 4.78 is 33.3. The van der Waals surface area contributed by atoms with E-state index in [4.69, 9.17) is 4.74 Å². The highest BCUT2D eigenvalue weighted by molar-refractivity contribution is 7.90. The number of ether oxygens (including phenoxy) is 1. The Morgan fingerprint density at radius 1 is 1.21 bits per heavy atom. The van der Waals surface area contributed by atoms with Gasteiger partial charge in [-0.25, -0.2) is 13.1 Å². The zero-order valence-corrected chi connectivity index (χ0v) is 21.9. The van der Waals surface area contributed by atoms with Crippen LogP contribution in [0.1, 0.15) is 61.2 Å². The lowest BCUT2D eigenvalue weighted by Gasteiger charge is -2.57. The van der Waals surface area contributed by atoms with E-state index in [0.717, 1.165) is 30.6 Å². The van der Waals surface area contributed by atoms with Crippen molar-refractivity contribution in [3.63, 3.8) is 0 Å². The number of hydrogen-bond donors (Lipinski definition) is 1. The predicted octanol–water partition coefficient (Wildman–Crippen LogP) is 4.24. The van der Waals surface area contributed by atoms with E-state index in [-0.39, 0.29) is 40.3 Å². The Morgan fingerprint density at radius 3 is 2.56 bits per heavy atom. The van der Waals surface area contributed by atoms with Crippen LogP contribution in [-0.2, 0) is 26.0 Å². The van der Waals surface area contributed by atoms with Gasteiger partial charge in [0.05, 0.1) is 11.0 Å². The Labute approximate surface area is 206 Å². The molecular formula is C25H34N2O5S2. The van der Waals surface area contributed by atoms with Crippen molar-refractivity contribution >= 4 is 33.2 Å². The minimum atomic E-state index is -4.07. The number of sulfonamides is 1. The fraction of sp³-hybridized carbons (Fsp3) is 0.520. The molecule has 3 rings (SSSR count). The first-order chi connectivity index (χ1) is 16.2. The van der Waals surface area contributed by atoms with Crippen molar-refractivity contribution in [1.29, 1.82) is 0 Å². The first-order valence-electron chi connectivity index (χ1n) is 11.7. The summed E-state index contributed by atoms with van der Waals surface area (Å²) in [5, 5.41) is 1.97. The van der Waals surface area contributed by atoms with Gasteiger partial charge < -0.3 is 9.64 Å². The molecule has 1 saturated carbocycles. The summed E-state index contributed by atoms with van der Waals surface area (Å²) in [4.78, 5) is 28.3. The number of methoxy groups -OCH3 is 1. The molecule has 1 aromatic heterocycles. The first-order valence-corrected chi connectivity index (χ1v) is 14.0. The summed E-state index contributed by atoms with van der Waals surface area (Å²) in [6.07, 6.45) is 4.02. The van der Waals surface area contributed by atoms with E-state index in [1.807, 2.05) is 17.5 Å². The molecule has 2 amide bonds. The van der Waals surface area contributed by atoms with Crippen LogP contribution in [0.4, 0.5) is 0 Å². The fourth-order valence-corrected chi connectivity index (χ4v) is 6.87. The lowest BCUT2D eigenvalue weighted by atomic mass is 9.58. The van der Waals surface area contributed by atoms with E-state index in [2.05, 4.69) is 18.6 Å². The molecule has 1 aromatic carbocycles. The van der Waals surface area contributed by atoms with Crippen LogP contribution in [0.15, 0.2) is 46.7 Å². The van der Waals surface area contributed by atoms with Gasteiger partial charge in [-0.05, 0) is 61.7 Å². The van der Waals surface area contributed by atoms with Gasteiger partial charge in [-0.1, -0.05) is 26.0 Å². The molecule has 34 heavy (non-hydrogen) atoms. The van der Waals surface area contributed by atoms with E-state index in [9.17, 15) is 18.0 Å². The van der Waals surface area contributed by atoms with Crippen LogP contribution < -0.4 is 4.72 Å². The molecule has 0 aliphatic heterocycles. The number of nitrogens with one attached hydrogen (secondary N) is 1. The average molecular weight is 507 g/mol. The number of amides is 2. The van der Waals surface area contributed by atoms with Gasteiger partial charge in [-0.3, -0.25) is 9.59 Å². The van der Waals surface area contributed by atoms with Crippen LogP contribution in [0.5, 0.6) is 0 Å². The van der Waals surface area contributed by atoms with Gasteiger partial charge in [0.25, 0.3) is 15.9 Å². The van der Waals surface area contributed by atoms with Gasteiger partial charge in [-0.15, -0.1) is 11.3 Å². The molecular weight excluding hydrogens is 472 g/mol. The molecule has 2 atom stereocenters. The Bertz CT molecular complexity index is 1090. The number of aryl methyl sites for hydroxylation is 1. The number of benzene rings is 1. The molecule has 9 heteroatoms. The second-order valence-corrected chi connectivity index (χ2v) is 11.5. The van der Waals surface area contributed by atoms with Gasteiger partial charge in [0.2, 0.25) is 5.91 Å². The average Bonchev–Trinajstić information content (AvgIpc) is 3.32. The molecule has 1 fully saturated rings. The molecule has 0 saturated heterocycles. The van der Waals surface area contributed by atoms with Gasteiger partial charge in [0.1, 0.15) is 0 Å². The zero-order valence-electron chi connectivity index (χ0n) is 20.2. The topological polar surface area (TPSA) is 92.8 Å². The second kappa shape index (κ2) is 11.0. The largest absolute Gasteiger partial charge is 0.381 e. The molecule has 2 unspecified atom stereocenters. The Kier molecular flexibility index (Phi) is 8.54. The highest BCUT2D eigenvalue weighted by Crippen LogP contribution is 2.51. The third-order valence-electron chi connectivity index (χ3n) is 7.18. The highest BCUT2D eigenvalue weighted by Gasteiger charge is 2.55. The van der Waals surface area contributed by atoms with Crippen molar-refractivity contribution in [1.82, 2.24) is 9.62 Å².